The van der Waals surface area contributed by atoms with Crippen LogP contribution >= 0.6 is 23.2 Å². The summed E-state index contributed by atoms with van der Waals surface area (Å²) < 4.78 is 148. The van der Waals surface area contributed by atoms with Crippen LogP contribution in [0, 0.1) is 0 Å². The lowest BCUT2D eigenvalue weighted by molar-refractivity contribution is -0.0602. The number of benzene rings is 2. The first-order chi connectivity index (χ1) is 17.1. The van der Waals surface area contributed by atoms with Crippen molar-refractivity contribution >= 4 is 65.4 Å². The van der Waals surface area contributed by atoms with Gasteiger partial charge in [-0.3, -0.25) is 0 Å². The van der Waals surface area contributed by atoms with Crippen molar-refractivity contribution in [3.63, 3.8) is 0 Å². The van der Waals surface area contributed by atoms with Crippen molar-refractivity contribution in [3.8, 4) is 0 Å². The maximum absolute atomic E-state index is 12.0. The summed E-state index contributed by atoms with van der Waals surface area (Å²) in [4.78, 5) is -0.697. The largest absolute Gasteiger partial charge is 0.498 e. The molecule has 2 atom stereocenters. The zero-order valence-electron chi connectivity index (χ0n) is 18.4. The van der Waals surface area contributed by atoms with Crippen LogP contribution in [0.25, 0.3) is 0 Å². The molecule has 22 heteroatoms. The van der Waals surface area contributed by atoms with E-state index in [0.29, 0.717) is 14.1 Å². The maximum atomic E-state index is 12.0. The van der Waals surface area contributed by atoms with Crippen molar-refractivity contribution in [3.05, 3.63) is 58.6 Å². The summed E-state index contributed by atoms with van der Waals surface area (Å²) in [6.07, 6.45) is 0. The van der Waals surface area contributed by atoms with Crippen LogP contribution in [0.4, 0.5) is 26.3 Å². The summed E-state index contributed by atoms with van der Waals surface area (Å²) in [5, 5.41) is 0.503. The van der Waals surface area contributed by atoms with E-state index in [1.807, 2.05) is 0 Å². The van der Waals surface area contributed by atoms with Crippen LogP contribution in [0.2, 0.25) is 10.0 Å². The van der Waals surface area contributed by atoms with Crippen LogP contribution in [0.3, 0.4) is 0 Å². The van der Waals surface area contributed by atoms with Crippen molar-refractivity contribution in [1.82, 2.24) is 8.94 Å². The number of nitrogens with zero attached hydrogens (tertiary/aromatic N) is 2. The zero-order chi connectivity index (χ0) is 29.7. The van der Waals surface area contributed by atoms with E-state index in [1.165, 1.54) is 24.3 Å². The lowest BCUT2D eigenvalue weighted by Crippen LogP contribution is -2.32. The van der Waals surface area contributed by atoms with Gasteiger partial charge < -0.3 is 0 Å². The fraction of sp³-hybridized carbons (Fsp3) is 0.250. The van der Waals surface area contributed by atoms with E-state index < -0.39 is 53.2 Å². The van der Waals surface area contributed by atoms with Crippen LogP contribution in [0.15, 0.2) is 58.3 Å². The second-order valence-corrected chi connectivity index (χ2v) is 13.2. The van der Waals surface area contributed by atoms with Gasteiger partial charge in [-0.15, -0.1) is 0 Å². The summed E-state index contributed by atoms with van der Waals surface area (Å²) in [6, 6.07) is 9.27. The van der Waals surface area contributed by atoms with Gasteiger partial charge in [0.1, 0.15) is 0 Å². The molecule has 0 aliphatic carbocycles. The van der Waals surface area contributed by atoms with Gasteiger partial charge in [-0.05, 0) is 48.5 Å². The molecule has 0 saturated heterocycles. The number of hydrogen-bond donors (Lipinski definition) is 0. The Labute approximate surface area is 227 Å². The molecule has 0 aromatic heterocycles. The number of hydrogen-bond acceptors (Lipinski definition) is 8. The highest BCUT2D eigenvalue weighted by molar-refractivity contribution is 7.90. The van der Waals surface area contributed by atoms with Gasteiger partial charge in [-0.1, -0.05) is 32.1 Å². The van der Waals surface area contributed by atoms with Crippen molar-refractivity contribution in [2.24, 2.45) is 0 Å². The second-order valence-electron chi connectivity index (χ2n) is 6.25. The first-order valence-electron chi connectivity index (χ1n) is 8.93. The van der Waals surface area contributed by atoms with Crippen molar-refractivity contribution in [2.45, 2.75) is 20.8 Å². The topological polar surface area (TPSA) is 127 Å². The molecule has 0 saturated carbocycles. The Morgan fingerprint density at radius 1 is 0.632 bits per heavy atom. The molecule has 2 aromatic carbocycles. The summed E-state index contributed by atoms with van der Waals surface area (Å²) in [6.45, 7) is 0. The SMILES string of the molecule is CN(OS(=O)C(F)(F)F)S(=O)(=O)c1ccc(Cl)cc1.CN(OS(=O)C(F)(F)F)S(=O)(=O)c1ccc(Cl)cc1. The minimum Gasteiger partial charge on any atom is -0.218 e. The molecule has 0 spiro atoms. The Bertz CT molecular complexity index is 1250. The van der Waals surface area contributed by atoms with Crippen molar-refractivity contribution < 1.29 is 60.2 Å². The molecule has 2 rings (SSSR count). The standard InChI is InChI=1S/2C8H7ClF3NO4S2/c2*1-13(17-18(14)8(10,11)12)19(15,16)7-4-2-6(9)3-5-7/h2*2-5H,1H3. The molecule has 0 bridgehead atoms. The van der Waals surface area contributed by atoms with Crippen LogP contribution in [-0.2, 0) is 50.8 Å². The number of hydroxylamine groups is 2. The number of sulfonamides is 2. The van der Waals surface area contributed by atoms with Gasteiger partial charge in [0.25, 0.3) is 42.2 Å². The fourth-order valence-corrected chi connectivity index (χ4v) is 5.19. The highest BCUT2D eigenvalue weighted by Crippen LogP contribution is 2.25. The molecule has 10 nitrogen and oxygen atoms in total. The number of rotatable bonds is 8. The second kappa shape index (κ2) is 13.3. The molecular weight excluding hydrogens is 661 g/mol. The fourth-order valence-electron chi connectivity index (χ4n) is 1.87. The molecule has 0 aliphatic rings. The molecule has 0 heterocycles. The molecule has 2 aromatic rings. The van der Waals surface area contributed by atoms with E-state index in [9.17, 15) is 51.6 Å². The third-order valence-corrected chi connectivity index (χ3v) is 9.03. The third-order valence-electron chi connectivity index (χ3n) is 3.62. The molecule has 0 N–H and O–H groups in total. The Morgan fingerprint density at radius 3 is 1.08 bits per heavy atom. The highest BCUT2D eigenvalue weighted by atomic mass is 35.5. The normalized spacial score (nSPS) is 14.6. The molecular formula is C16H14Cl2F6N2O8S4. The van der Waals surface area contributed by atoms with Gasteiger partial charge >= 0.3 is 11.0 Å². The van der Waals surface area contributed by atoms with E-state index in [2.05, 4.69) is 8.57 Å². The van der Waals surface area contributed by atoms with Gasteiger partial charge in [0.2, 0.25) is 0 Å². The monoisotopic (exact) mass is 674 g/mol. The average molecular weight is 675 g/mol. The van der Waals surface area contributed by atoms with Crippen molar-refractivity contribution in [2.75, 3.05) is 14.1 Å². The molecule has 2 unspecified atom stereocenters. The smallest absolute Gasteiger partial charge is 0.218 e. The summed E-state index contributed by atoms with van der Waals surface area (Å²) >= 11 is 3.55. The summed E-state index contributed by atoms with van der Waals surface area (Å²) in [5.41, 5.74) is -10.4. The molecule has 216 valence electrons. The van der Waals surface area contributed by atoms with Crippen LogP contribution < -0.4 is 0 Å². The number of alkyl halides is 6. The highest BCUT2D eigenvalue weighted by Gasteiger charge is 2.42. The van der Waals surface area contributed by atoms with Gasteiger partial charge in [0, 0.05) is 24.1 Å². The van der Waals surface area contributed by atoms with E-state index in [1.54, 1.807) is 0 Å². The lowest BCUT2D eigenvalue weighted by atomic mass is 10.4. The molecule has 38 heavy (non-hydrogen) atoms. The first-order valence-corrected chi connectivity index (χ1v) is 14.7. The predicted molar refractivity (Wildman–Crippen MR) is 123 cm³/mol. The predicted octanol–water partition coefficient (Wildman–Crippen LogP) is 4.15. The first kappa shape index (κ1) is 34.7. The Kier molecular flexibility index (Phi) is 12.2. The third kappa shape index (κ3) is 9.99. The average Bonchev–Trinajstić information content (AvgIpc) is 2.78. The molecule has 0 amide bonds. The van der Waals surface area contributed by atoms with Crippen LogP contribution in [-0.4, -0.2) is 59.3 Å². The molecule has 0 aliphatic heterocycles. The Balaban J connectivity index is 0.000000380. The maximum Gasteiger partial charge on any atom is 0.498 e. The van der Waals surface area contributed by atoms with Gasteiger partial charge in [0.05, 0.1) is 9.79 Å². The Morgan fingerprint density at radius 2 is 0.868 bits per heavy atom. The van der Waals surface area contributed by atoms with Crippen LogP contribution in [0.1, 0.15) is 0 Å². The van der Waals surface area contributed by atoms with Gasteiger partial charge in [-0.25, -0.2) is 25.3 Å². The van der Waals surface area contributed by atoms with Gasteiger partial charge in [0.15, 0.2) is 0 Å². The zero-order valence-corrected chi connectivity index (χ0v) is 23.2. The van der Waals surface area contributed by atoms with Crippen LogP contribution in [0.5, 0.6) is 0 Å². The van der Waals surface area contributed by atoms with Gasteiger partial charge in [-0.2, -0.15) is 34.9 Å². The summed E-state index contributed by atoms with van der Waals surface area (Å²) in [5.74, 6) is 0. The lowest BCUT2D eigenvalue weighted by Gasteiger charge is -2.16. The minimum absolute atomic E-state index is 0.111. The van der Waals surface area contributed by atoms with E-state index in [-0.39, 0.29) is 28.8 Å². The quantitative estimate of drug-likeness (QED) is 0.302. The van der Waals surface area contributed by atoms with E-state index >= 15 is 0 Å². The number of halogens is 8. The van der Waals surface area contributed by atoms with Crippen molar-refractivity contribution in [1.29, 1.82) is 0 Å². The molecule has 0 fully saturated rings. The molecule has 0 radical (unpaired) electrons. The summed E-state index contributed by atoms with van der Waals surface area (Å²) in [7, 11) is -7.30. The van der Waals surface area contributed by atoms with E-state index in [4.69, 9.17) is 23.2 Å². The van der Waals surface area contributed by atoms with E-state index in [0.717, 1.165) is 24.3 Å². The Hall–Kier alpha value is -1.36. The minimum atomic E-state index is -5.18.